The summed E-state index contributed by atoms with van der Waals surface area (Å²) in [5.41, 5.74) is 4.57. The molecule has 0 fully saturated rings. The number of rotatable bonds is 1. The van der Waals surface area contributed by atoms with Crippen LogP contribution in [0.15, 0.2) is 0 Å². The standard InChI is InChI=1S/C14H24N2/c1-10(2)13-12(14(3,4)5)11-8-6-7-9-16(11)15-13/h10H,6-9H2,1-5H3. The average Bonchev–Trinajstić information content (AvgIpc) is 2.55. The highest BCUT2D eigenvalue weighted by atomic mass is 15.3. The zero-order valence-corrected chi connectivity index (χ0v) is 11.3. The second-order valence-electron chi connectivity index (χ2n) is 6.29. The van der Waals surface area contributed by atoms with Gasteiger partial charge in [0, 0.05) is 17.8 Å². The zero-order valence-electron chi connectivity index (χ0n) is 11.3. The van der Waals surface area contributed by atoms with Crippen LogP contribution in [0.1, 0.15) is 70.3 Å². The van der Waals surface area contributed by atoms with Crippen molar-refractivity contribution in [1.29, 1.82) is 0 Å². The largest absolute Gasteiger partial charge is 0.269 e. The minimum absolute atomic E-state index is 0.227. The molecular formula is C14H24N2. The molecule has 0 atom stereocenters. The van der Waals surface area contributed by atoms with E-state index in [-0.39, 0.29) is 5.41 Å². The summed E-state index contributed by atoms with van der Waals surface area (Å²) in [6, 6.07) is 0. The van der Waals surface area contributed by atoms with E-state index in [0.29, 0.717) is 5.92 Å². The van der Waals surface area contributed by atoms with Crippen molar-refractivity contribution in [1.82, 2.24) is 9.78 Å². The van der Waals surface area contributed by atoms with E-state index in [0.717, 1.165) is 6.54 Å². The highest BCUT2D eigenvalue weighted by molar-refractivity contribution is 5.35. The predicted molar refractivity (Wildman–Crippen MR) is 68.0 cm³/mol. The normalized spacial score (nSPS) is 16.6. The average molecular weight is 220 g/mol. The van der Waals surface area contributed by atoms with E-state index >= 15 is 0 Å². The van der Waals surface area contributed by atoms with E-state index < -0.39 is 0 Å². The molecule has 0 bridgehead atoms. The number of aromatic nitrogens is 2. The molecule has 0 spiro atoms. The van der Waals surface area contributed by atoms with Crippen LogP contribution < -0.4 is 0 Å². The van der Waals surface area contributed by atoms with Gasteiger partial charge in [-0.15, -0.1) is 0 Å². The third-order valence-corrected chi connectivity index (χ3v) is 3.42. The van der Waals surface area contributed by atoms with Crippen molar-refractivity contribution < 1.29 is 0 Å². The van der Waals surface area contributed by atoms with E-state index in [1.807, 2.05) is 0 Å². The van der Waals surface area contributed by atoms with Crippen molar-refractivity contribution in [3.8, 4) is 0 Å². The molecule has 1 aromatic rings. The van der Waals surface area contributed by atoms with Crippen molar-refractivity contribution in [2.75, 3.05) is 0 Å². The minimum atomic E-state index is 0.227. The molecule has 0 aliphatic carbocycles. The summed E-state index contributed by atoms with van der Waals surface area (Å²) in [5, 5.41) is 4.83. The van der Waals surface area contributed by atoms with Gasteiger partial charge >= 0.3 is 0 Å². The summed E-state index contributed by atoms with van der Waals surface area (Å²) in [7, 11) is 0. The molecular weight excluding hydrogens is 196 g/mol. The summed E-state index contributed by atoms with van der Waals surface area (Å²) in [5.74, 6) is 0.535. The first kappa shape index (κ1) is 11.7. The molecule has 16 heavy (non-hydrogen) atoms. The summed E-state index contributed by atoms with van der Waals surface area (Å²) in [4.78, 5) is 0. The Kier molecular flexibility index (Phi) is 2.85. The smallest absolute Gasteiger partial charge is 0.0690 e. The van der Waals surface area contributed by atoms with Crippen LogP contribution in [-0.2, 0) is 18.4 Å². The topological polar surface area (TPSA) is 17.8 Å². The summed E-state index contributed by atoms with van der Waals surface area (Å²) in [6.07, 6.45) is 3.83. The molecule has 2 rings (SSSR count). The lowest BCUT2D eigenvalue weighted by molar-refractivity contribution is 0.474. The molecule has 1 aliphatic heterocycles. The lowest BCUT2D eigenvalue weighted by Gasteiger charge is -2.24. The molecule has 2 heteroatoms. The Morgan fingerprint density at radius 1 is 1.19 bits per heavy atom. The van der Waals surface area contributed by atoms with Gasteiger partial charge in [0.15, 0.2) is 0 Å². The Morgan fingerprint density at radius 2 is 1.88 bits per heavy atom. The lowest BCUT2D eigenvalue weighted by Crippen LogP contribution is -2.18. The third kappa shape index (κ3) is 1.90. The Morgan fingerprint density at radius 3 is 2.44 bits per heavy atom. The molecule has 0 radical (unpaired) electrons. The minimum Gasteiger partial charge on any atom is -0.269 e. The van der Waals surface area contributed by atoms with Crippen LogP contribution in [0.3, 0.4) is 0 Å². The van der Waals surface area contributed by atoms with Gasteiger partial charge in [-0.05, 0) is 30.6 Å². The molecule has 0 amide bonds. The molecule has 0 N–H and O–H groups in total. The molecule has 0 unspecified atom stereocenters. The number of fused-ring (bicyclic) bond motifs is 1. The summed E-state index contributed by atoms with van der Waals surface area (Å²) >= 11 is 0. The monoisotopic (exact) mass is 220 g/mol. The Bertz CT molecular complexity index is 380. The molecule has 2 nitrogen and oxygen atoms in total. The van der Waals surface area contributed by atoms with Crippen molar-refractivity contribution in [2.24, 2.45) is 0 Å². The number of hydrogen-bond acceptors (Lipinski definition) is 1. The first-order chi connectivity index (χ1) is 7.41. The first-order valence-electron chi connectivity index (χ1n) is 6.51. The fourth-order valence-electron chi connectivity index (χ4n) is 2.73. The zero-order chi connectivity index (χ0) is 11.9. The fraction of sp³-hybridized carbons (Fsp3) is 0.786. The van der Waals surface area contributed by atoms with Gasteiger partial charge in [0.2, 0.25) is 0 Å². The molecule has 2 heterocycles. The highest BCUT2D eigenvalue weighted by Crippen LogP contribution is 2.35. The van der Waals surface area contributed by atoms with Crippen molar-refractivity contribution in [2.45, 2.75) is 71.8 Å². The van der Waals surface area contributed by atoms with Gasteiger partial charge in [0.1, 0.15) is 0 Å². The fourth-order valence-corrected chi connectivity index (χ4v) is 2.73. The SMILES string of the molecule is CC(C)c1nn2c(c1C(C)(C)C)CCCC2. The van der Waals surface area contributed by atoms with Gasteiger partial charge in [0.25, 0.3) is 0 Å². The Balaban J connectivity index is 2.58. The van der Waals surface area contributed by atoms with Gasteiger partial charge in [-0.3, -0.25) is 4.68 Å². The number of nitrogens with zero attached hydrogens (tertiary/aromatic N) is 2. The van der Waals surface area contributed by atoms with Crippen molar-refractivity contribution in [3.63, 3.8) is 0 Å². The van der Waals surface area contributed by atoms with Crippen LogP contribution in [-0.4, -0.2) is 9.78 Å². The first-order valence-corrected chi connectivity index (χ1v) is 6.51. The van der Waals surface area contributed by atoms with Crippen LogP contribution in [0.25, 0.3) is 0 Å². The van der Waals surface area contributed by atoms with Crippen LogP contribution in [0, 0.1) is 0 Å². The second kappa shape index (κ2) is 3.90. The van der Waals surface area contributed by atoms with Gasteiger partial charge < -0.3 is 0 Å². The molecule has 0 aromatic carbocycles. The van der Waals surface area contributed by atoms with Gasteiger partial charge in [-0.2, -0.15) is 5.10 Å². The lowest BCUT2D eigenvalue weighted by atomic mass is 9.81. The maximum absolute atomic E-state index is 4.83. The van der Waals surface area contributed by atoms with Crippen LogP contribution in [0.2, 0.25) is 0 Å². The molecule has 0 saturated carbocycles. The maximum Gasteiger partial charge on any atom is 0.0690 e. The van der Waals surface area contributed by atoms with Crippen molar-refractivity contribution >= 4 is 0 Å². The Hall–Kier alpha value is -0.790. The van der Waals surface area contributed by atoms with E-state index in [1.165, 1.54) is 36.2 Å². The maximum atomic E-state index is 4.83. The van der Waals surface area contributed by atoms with E-state index in [2.05, 4.69) is 39.3 Å². The van der Waals surface area contributed by atoms with E-state index in [9.17, 15) is 0 Å². The predicted octanol–water partition coefficient (Wildman–Crippen LogP) is 3.64. The Labute approximate surface area is 99.0 Å². The van der Waals surface area contributed by atoms with E-state index in [1.54, 1.807) is 0 Å². The van der Waals surface area contributed by atoms with Crippen LogP contribution >= 0.6 is 0 Å². The molecule has 90 valence electrons. The second-order valence-corrected chi connectivity index (χ2v) is 6.29. The van der Waals surface area contributed by atoms with Crippen LogP contribution in [0.5, 0.6) is 0 Å². The third-order valence-electron chi connectivity index (χ3n) is 3.42. The summed E-state index contributed by atoms with van der Waals surface area (Å²) < 4.78 is 2.26. The van der Waals surface area contributed by atoms with Crippen LogP contribution in [0.4, 0.5) is 0 Å². The van der Waals surface area contributed by atoms with Crippen molar-refractivity contribution in [3.05, 3.63) is 17.0 Å². The number of hydrogen-bond donors (Lipinski definition) is 0. The quantitative estimate of drug-likeness (QED) is 0.706. The van der Waals surface area contributed by atoms with Gasteiger partial charge in [-0.25, -0.2) is 0 Å². The van der Waals surface area contributed by atoms with E-state index in [4.69, 9.17) is 5.10 Å². The highest BCUT2D eigenvalue weighted by Gasteiger charge is 2.29. The molecule has 1 aliphatic rings. The molecule has 1 aromatic heterocycles. The molecule has 0 saturated heterocycles. The number of aryl methyl sites for hydroxylation is 1. The summed E-state index contributed by atoms with van der Waals surface area (Å²) in [6.45, 7) is 12.6. The van der Waals surface area contributed by atoms with Gasteiger partial charge in [-0.1, -0.05) is 34.6 Å². The van der Waals surface area contributed by atoms with Gasteiger partial charge in [0.05, 0.1) is 5.69 Å².